The normalized spacial score (nSPS) is 11.0. The second-order valence-corrected chi connectivity index (χ2v) is 6.88. The molecule has 0 aliphatic heterocycles. The molecule has 2 aromatic carbocycles. The molecule has 1 aromatic heterocycles. The summed E-state index contributed by atoms with van der Waals surface area (Å²) < 4.78 is 34.2. The van der Waals surface area contributed by atoms with Crippen molar-refractivity contribution in [3.05, 3.63) is 62.9 Å². The minimum atomic E-state index is -1.17. The van der Waals surface area contributed by atoms with Gasteiger partial charge in [0.05, 0.1) is 0 Å². The molecule has 1 N–H and O–H groups in total. The van der Waals surface area contributed by atoms with E-state index in [-0.39, 0.29) is 10.8 Å². The van der Waals surface area contributed by atoms with Gasteiger partial charge < -0.3 is 0 Å². The van der Waals surface area contributed by atoms with Gasteiger partial charge in [0, 0.05) is 0 Å². The van der Waals surface area contributed by atoms with Crippen molar-refractivity contribution in [1.29, 1.82) is 0 Å². The predicted octanol–water partition coefficient (Wildman–Crippen LogP) is 4.20. The summed E-state index contributed by atoms with van der Waals surface area (Å²) in [5.74, 6) is -1.91. The summed E-state index contributed by atoms with van der Waals surface area (Å²) in [6.45, 7) is 0.365. The fraction of sp³-hybridized carbons (Fsp3) is 0.118. The van der Waals surface area contributed by atoms with E-state index in [9.17, 15) is 13.6 Å². The Labute approximate surface area is 153 Å². The molecule has 0 unspecified atom stereocenters. The second kappa shape index (κ2) is 7.07. The van der Waals surface area contributed by atoms with Gasteiger partial charge in [-0.2, -0.15) is 0 Å². The second-order valence-electron chi connectivity index (χ2n) is 5.02. The van der Waals surface area contributed by atoms with Crippen LogP contribution in [0.5, 0.6) is 5.75 Å². The third kappa shape index (κ3) is 3.13. The number of aromatic nitrogens is 1. The molecule has 2 radical (unpaired) electrons. The molecular formula is C17H11AsBrF2NO2. The van der Waals surface area contributed by atoms with Crippen molar-refractivity contribution >= 4 is 43.6 Å². The van der Waals surface area contributed by atoms with Crippen LogP contribution in [0.25, 0.3) is 22.0 Å². The van der Waals surface area contributed by atoms with Gasteiger partial charge in [-0.15, -0.1) is 0 Å². The molecule has 122 valence electrons. The molecule has 0 aliphatic carbocycles. The first-order valence-electron chi connectivity index (χ1n) is 7.06. The molecule has 0 spiro atoms. The fourth-order valence-electron chi connectivity index (χ4n) is 2.45. The Morgan fingerprint density at radius 2 is 1.83 bits per heavy atom. The quantitative estimate of drug-likeness (QED) is 0.601. The van der Waals surface area contributed by atoms with E-state index in [0.717, 1.165) is 10.5 Å². The van der Waals surface area contributed by atoms with Crippen LogP contribution in [0.3, 0.4) is 0 Å². The molecule has 0 aliphatic rings. The summed E-state index contributed by atoms with van der Waals surface area (Å²) >= 11 is 5.73. The van der Waals surface area contributed by atoms with Crippen molar-refractivity contribution in [1.82, 2.24) is 4.98 Å². The average molecular weight is 454 g/mol. The molecule has 3 rings (SSSR count). The minimum absolute atomic E-state index is 0.247. The van der Waals surface area contributed by atoms with Crippen LogP contribution in [0, 0.1) is 11.6 Å². The van der Waals surface area contributed by atoms with Crippen LogP contribution in [-0.4, -0.2) is 28.4 Å². The van der Waals surface area contributed by atoms with Gasteiger partial charge in [0.25, 0.3) is 0 Å². The van der Waals surface area contributed by atoms with Gasteiger partial charge in [-0.3, -0.25) is 0 Å². The van der Waals surface area contributed by atoms with E-state index in [2.05, 4.69) is 37.8 Å². The van der Waals surface area contributed by atoms with Gasteiger partial charge in [-0.25, -0.2) is 0 Å². The predicted molar refractivity (Wildman–Crippen MR) is 93.7 cm³/mol. The summed E-state index contributed by atoms with van der Waals surface area (Å²) in [5.41, 5.74) is 0.453. The van der Waals surface area contributed by atoms with Gasteiger partial charge in [0.15, 0.2) is 0 Å². The first-order chi connectivity index (χ1) is 11.5. The number of hydrogen-bond acceptors (Lipinski definition) is 2. The molecule has 0 fully saturated rings. The van der Waals surface area contributed by atoms with Gasteiger partial charge in [0.2, 0.25) is 0 Å². The molecule has 24 heavy (non-hydrogen) atoms. The Morgan fingerprint density at radius 1 is 1.12 bits per heavy atom. The van der Waals surface area contributed by atoms with E-state index < -0.39 is 17.2 Å². The molecule has 0 saturated carbocycles. The third-order valence-corrected chi connectivity index (χ3v) is 4.41. The summed E-state index contributed by atoms with van der Waals surface area (Å²) in [7, 11) is 0. The van der Waals surface area contributed by atoms with Gasteiger partial charge in [0.1, 0.15) is 0 Å². The van der Waals surface area contributed by atoms with Crippen molar-refractivity contribution in [3.63, 3.8) is 0 Å². The third-order valence-electron chi connectivity index (χ3n) is 3.50. The Morgan fingerprint density at radius 3 is 2.50 bits per heavy atom. The van der Waals surface area contributed by atoms with Crippen molar-refractivity contribution in [2.75, 3.05) is 6.61 Å². The van der Waals surface area contributed by atoms with Crippen LogP contribution in [-0.2, 0) is 0 Å². The van der Waals surface area contributed by atoms with Crippen LogP contribution >= 0.6 is 15.9 Å². The number of nitrogens with one attached hydrogen (secondary N) is 1. The number of halogens is 3. The van der Waals surface area contributed by atoms with Crippen molar-refractivity contribution in [2.24, 2.45) is 0 Å². The average Bonchev–Trinajstić information content (AvgIpc) is 2.57. The molecular weight excluding hydrogens is 443 g/mol. The van der Waals surface area contributed by atoms with Gasteiger partial charge in [-0.05, 0) is 0 Å². The summed E-state index contributed by atoms with van der Waals surface area (Å²) in [6.07, 6.45) is 0. The first-order valence-corrected chi connectivity index (χ1v) is 9.18. The Kier molecular flexibility index (Phi) is 5.06. The van der Waals surface area contributed by atoms with Crippen LogP contribution < -0.4 is 10.3 Å². The molecule has 3 nitrogen and oxygen atoms in total. The van der Waals surface area contributed by atoms with Crippen LogP contribution in [0.1, 0.15) is 0 Å². The number of hydrogen-bond donors (Lipinski definition) is 1. The maximum atomic E-state index is 14.1. The number of rotatable bonds is 4. The number of fused-ring (bicyclic) bond motifs is 1. The van der Waals surface area contributed by atoms with Gasteiger partial charge >= 0.3 is 154 Å². The van der Waals surface area contributed by atoms with E-state index in [1.807, 2.05) is 12.1 Å². The molecule has 1 heterocycles. The van der Waals surface area contributed by atoms with E-state index in [1.54, 1.807) is 12.1 Å². The molecule has 7 heteroatoms. The summed E-state index contributed by atoms with van der Waals surface area (Å²) in [6, 6.07) is 9.61. The van der Waals surface area contributed by atoms with Crippen molar-refractivity contribution < 1.29 is 13.5 Å². The van der Waals surface area contributed by atoms with E-state index in [0.29, 0.717) is 28.8 Å². The first kappa shape index (κ1) is 17.2. The standard InChI is InChI=1S/C17H11AsBrF2NO2/c18-7-8-24-16-11-5-6-12(20)14(21)13(11)17(23)22-15(16)9-1-3-10(19)4-2-9/h1-6H,7-8H2,(H,22,23). The zero-order valence-corrected chi connectivity index (χ0v) is 15.7. The fourth-order valence-corrected chi connectivity index (χ4v) is 2.90. The van der Waals surface area contributed by atoms with Crippen molar-refractivity contribution in [3.8, 4) is 17.0 Å². The summed E-state index contributed by atoms with van der Waals surface area (Å²) in [5, 5.41) is 0.588. The Hall–Kier alpha value is -1.65. The van der Waals surface area contributed by atoms with Gasteiger partial charge in [-0.1, -0.05) is 0 Å². The van der Waals surface area contributed by atoms with E-state index >= 15 is 0 Å². The number of pyridine rings is 1. The molecule has 0 amide bonds. The van der Waals surface area contributed by atoms with E-state index in [1.165, 1.54) is 6.07 Å². The zero-order valence-electron chi connectivity index (χ0n) is 12.3. The Bertz CT molecular complexity index is 957. The Balaban J connectivity index is 2.34. The monoisotopic (exact) mass is 453 g/mol. The maximum absolute atomic E-state index is 14.1. The number of ether oxygens (including phenoxy) is 1. The van der Waals surface area contributed by atoms with Crippen molar-refractivity contribution in [2.45, 2.75) is 5.21 Å². The molecule has 0 atom stereocenters. The summed E-state index contributed by atoms with van der Waals surface area (Å²) in [4.78, 5) is 14.9. The number of benzene rings is 2. The van der Waals surface area contributed by atoms with E-state index in [4.69, 9.17) is 4.74 Å². The SMILES string of the molecule is O=c1[nH]c(-c2ccc(Br)cc2)c(OCC[As])c2ccc(F)c(F)c12. The van der Waals surface area contributed by atoms with Crippen LogP contribution in [0.15, 0.2) is 45.7 Å². The molecule has 0 saturated heterocycles. The number of aromatic amines is 1. The van der Waals surface area contributed by atoms with Crippen LogP contribution in [0.2, 0.25) is 5.21 Å². The topological polar surface area (TPSA) is 42.1 Å². The van der Waals surface area contributed by atoms with Crippen LogP contribution in [0.4, 0.5) is 8.78 Å². The number of H-pyrrole nitrogens is 1. The zero-order chi connectivity index (χ0) is 17.3. The molecule has 3 aromatic rings. The molecule has 0 bridgehead atoms.